The molecule has 0 saturated carbocycles. The van der Waals surface area contributed by atoms with Gasteiger partial charge in [-0.1, -0.05) is 35.0 Å². The van der Waals surface area contributed by atoms with Gasteiger partial charge in [0.2, 0.25) is 5.91 Å². The Bertz CT molecular complexity index is 1120. The van der Waals surface area contributed by atoms with E-state index in [0.29, 0.717) is 44.6 Å². The molecule has 168 valence electrons. The lowest BCUT2D eigenvalue weighted by Gasteiger charge is -2.16. The van der Waals surface area contributed by atoms with E-state index in [0.717, 1.165) is 0 Å². The number of nitrogens with one attached hydrogen (secondary N) is 1. The summed E-state index contributed by atoms with van der Waals surface area (Å²) in [6, 6.07) is 11.8. The summed E-state index contributed by atoms with van der Waals surface area (Å²) >= 11 is 13.4. The zero-order chi connectivity index (χ0) is 23.3. The lowest BCUT2D eigenvalue weighted by atomic mass is 10.1. The monoisotopic (exact) mass is 492 g/mol. The number of hydrogen-bond acceptors (Lipinski definition) is 6. The Morgan fingerprint density at radius 2 is 1.88 bits per heavy atom. The van der Waals surface area contributed by atoms with Gasteiger partial charge in [0.05, 0.1) is 10.8 Å². The number of benzene rings is 2. The van der Waals surface area contributed by atoms with Gasteiger partial charge in [-0.2, -0.15) is 0 Å². The predicted octanol–water partition coefficient (Wildman–Crippen LogP) is 5.68. The topological polar surface area (TPSA) is 86.1 Å². The van der Waals surface area contributed by atoms with Crippen molar-refractivity contribution in [2.45, 2.75) is 38.6 Å². The second-order valence-corrected chi connectivity index (χ2v) is 8.68. The Hall–Kier alpha value is -2.55. The fourth-order valence-corrected chi connectivity index (χ4v) is 4.20. The molecule has 1 N–H and O–H groups in total. The average Bonchev–Trinajstić information content (AvgIpc) is 3.17. The number of aromatic nitrogens is 3. The number of carbonyl (C=O) groups excluding carboxylic acids is 2. The molecule has 3 rings (SSSR count). The maximum Gasteiger partial charge on any atom is 0.234 e. The van der Waals surface area contributed by atoms with E-state index in [2.05, 4.69) is 15.5 Å². The average molecular weight is 493 g/mol. The van der Waals surface area contributed by atoms with Crippen molar-refractivity contribution in [2.24, 2.45) is 0 Å². The number of anilines is 1. The van der Waals surface area contributed by atoms with E-state index in [-0.39, 0.29) is 17.4 Å². The first-order chi connectivity index (χ1) is 15.3. The molecule has 1 heterocycles. The quantitative estimate of drug-likeness (QED) is 0.305. The van der Waals surface area contributed by atoms with E-state index in [1.54, 1.807) is 42.5 Å². The molecule has 7 nitrogen and oxygen atoms in total. The molecular weight excluding hydrogens is 471 g/mol. The van der Waals surface area contributed by atoms with Gasteiger partial charge in [-0.3, -0.25) is 9.59 Å². The molecule has 2 aromatic carbocycles. The number of thioether (sulfide) groups is 1. The molecule has 0 radical (unpaired) electrons. The van der Waals surface area contributed by atoms with Crippen molar-refractivity contribution in [1.29, 1.82) is 0 Å². The summed E-state index contributed by atoms with van der Waals surface area (Å²) in [5.74, 6) is 1.07. The number of hydrogen-bond donors (Lipinski definition) is 1. The van der Waals surface area contributed by atoms with E-state index in [1.807, 2.05) is 18.4 Å². The van der Waals surface area contributed by atoms with Crippen LogP contribution >= 0.6 is 35.0 Å². The summed E-state index contributed by atoms with van der Waals surface area (Å²) in [6.07, 6.45) is -0.413. The van der Waals surface area contributed by atoms with Crippen LogP contribution in [-0.2, 0) is 11.3 Å². The number of ketones is 1. The number of Topliss-reactive ketones (excluding diaryl/α,β-unsaturated/α-hetero) is 1. The minimum absolute atomic E-state index is 0.0234. The second-order valence-electron chi connectivity index (χ2n) is 6.89. The number of amides is 1. The van der Waals surface area contributed by atoms with Gasteiger partial charge in [-0.15, -0.1) is 10.2 Å². The molecule has 0 fully saturated rings. The van der Waals surface area contributed by atoms with E-state index >= 15 is 0 Å². The van der Waals surface area contributed by atoms with Gasteiger partial charge in [0.25, 0.3) is 0 Å². The van der Waals surface area contributed by atoms with Crippen molar-refractivity contribution in [1.82, 2.24) is 14.8 Å². The molecule has 0 aliphatic carbocycles. The number of rotatable bonds is 9. The molecule has 3 aromatic rings. The molecular formula is C22H22Cl2N4O3S. The summed E-state index contributed by atoms with van der Waals surface area (Å²) in [4.78, 5) is 23.7. The normalized spacial score (nSPS) is 11.8. The second kappa shape index (κ2) is 10.8. The van der Waals surface area contributed by atoms with Crippen LogP contribution in [-0.4, -0.2) is 32.2 Å². The van der Waals surface area contributed by atoms with Crippen LogP contribution in [0.3, 0.4) is 0 Å². The number of carbonyl (C=O) groups is 2. The molecule has 1 amide bonds. The van der Waals surface area contributed by atoms with Gasteiger partial charge in [0.15, 0.2) is 22.9 Å². The third kappa shape index (κ3) is 6.03. The Morgan fingerprint density at radius 1 is 1.16 bits per heavy atom. The van der Waals surface area contributed by atoms with Gasteiger partial charge in [-0.25, -0.2) is 0 Å². The SMILES string of the molecule is CCn1c(SCC(=O)Nc2ccc(C(C)=O)cc2)nnc1C(C)Oc1ccc(Cl)cc1Cl. The van der Waals surface area contributed by atoms with Gasteiger partial charge < -0.3 is 14.6 Å². The Kier molecular flexibility index (Phi) is 8.17. The first-order valence-corrected chi connectivity index (χ1v) is 11.6. The van der Waals surface area contributed by atoms with E-state index in [9.17, 15) is 9.59 Å². The summed E-state index contributed by atoms with van der Waals surface area (Å²) in [5.41, 5.74) is 1.22. The number of halogens is 2. The molecule has 0 bridgehead atoms. The lowest BCUT2D eigenvalue weighted by Crippen LogP contribution is -2.15. The van der Waals surface area contributed by atoms with Crippen LogP contribution in [0.1, 0.15) is 43.1 Å². The van der Waals surface area contributed by atoms with Gasteiger partial charge >= 0.3 is 0 Å². The maximum absolute atomic E-state index is 12.3. The number of nitrogens with zero attached hydrogens (tertiary/aromatic N) is 3. The zero-order valence-electron chi connectivity index (χ0n) is 17.8. The minimum Gasteiger partial charge on any atom is -0.481 e. The lowest BCUT2D eigenvalue weighted by molar-refractivity contribution is -0.113. The molecule has 32 heavy (non-hydrogen) atoms. The summed E-state index contributed by atoms with van der Waals surface area (Å²) in [5, 5.41) is 12.8. The van der Waals surface area contributed by atoms with Crippen LogP contribution < -0.4 is 10.1 Å². The van der Waals surface area contributed by atoms with Crippen molar-refractivity contribution >= 4 is 52.3 Å². The fourth-order valence-electron chi connectivity index (χ4n) is 2.93. The van der Waals surface area contributed by atoms with Crippen LogP contribution in [0.15, 0.2) is 47.6 Å². The molecule has 1 atom stereocenters. The Morgan fingerprint density at radius 3 is 2.50 bits per heavy atom. The van der Waals surface area contributed by atoms with E-state index in [4.69, 9.17) is 27.9 Å². The largest absolute Gasteiger partial charge is 0.481 e. The zero-order valence-corrected chi connectivity index (χ0v) is 20.1. The standard InChI is InChI=1S/C22H22Cl2N4O3S/c1-4-28-21(14(3)31-19-10-7-16(23)11-18(19)24)26-27-22(28)32-12-20(30)25-17-8-5-15(6-9-17)13(2)29/h5-11,14H,4,12H2,1-3H3,(H,25,30). The fraction of sp³-hybridized carbons (Fsp3) is 0.273. The first-order valence-electron chi connectivity index (χ1n) is 9.87. The Balaban J connectivity index is 1.62. The highest BCUT2D eigenvalue weighted by molar-refractivity contribution is 7.99. The third-order valence-electron chi connectivity index (χ3n) is 4.53. The molecule has 1 unspecified atom stereocenters. The van der Waals surface area contributed by atoms with Crippen molar-refractivity contribution < 1.29 is 14.3 Å². The molecule has 0 saturated heterocycles. The minimum atomic E-state index is -0.413. The van der Waals surface area contributed by atoms with E-state index in [1.165, 1.54) is 18.7 Å². The van der Waals surface area contributed by atoms with Gasteiger partial charge in [0, 0.05) is 22.8 Å². The van der Waals surface area contributed by atoms with Crippen LogP contribution in [0.5, 0.6) is 5.75 Å². The van der Waals surface area contributed by atoms with Crippen LogP contribution in [0.2, 0.25) is 10.0 Å². The maximum atomic E-state index is 12.3. The molecule has 10 heteroatoms. The molecule has 1 aromatic heterocycles. The van der Waals surface area contributed by atoms with Crippen molar-refractivity contribution in [3.8, 4) is 5.75 Å². The summed E-state index contributed by atoms with van der Waals surface area (Å²) in [6.45, 7) is 5.93. The van der Waals surface area contributed by atoms with Crippen LogP contribution in [0.4, 0.5) is 5.69 Å². The van der Waals surface area contributed by atoms with Crippen molar-refractivity contribution in [2.75, 3.05) is 11.1 Å². The highest BCUT2D eigenvalue weighted by Gasteiger charge is 2.20. The first kappa shape index (κ1) is 24.1. The number of ether oxygens (including phenoxy) is 1. The van der Waals surface area contributed by atoms with Gasteiger partial charge in [0.1, 0.15) is 5.75 Å². The summed E-state index contributed by atoms with van der Waals surface area (Å²) in [7, 11) is 0. The smallest absolute Gasteiger partial charge is 0.234 e. The summed E-state index contributed by atoms with van der Waals surface area (Å²) < 4.78 is 7.84. The molecule has 0 spiro atoms. The molecule has 0 aliphatic rings. The highest BCUT2D eigenvalue weighted by Crippen LogP contribution is 2.31. The highest BCUT2D eigenvalue weighted by atomic mass is 35.5. The predicted molar refractivity (Wildman–Crippen MR) is 127 cm³/mol. The van der Waals surface area contributed by atoms with E-state index < -0.39 is 6.10 Å². The van der Waals surface area contributed by atoms with Crippen LogP contribution in [0, 0.1) is 0 Å². The van der Waals surface area contributed by atoms with Gasteiger partial charge in [-0.05, 0) is 63.2 Å². The third-order valence-corrected chi connectivity index (χ3v) is 6.03. The molecule has 0 aliphatic heterocycles. The van der Waals surface area contributed by atoms with Crippen LogP contribution in [0.25, 0.3) is 0 Å². The van der Waals surface area contributed by atoms with Crippen molar-refractivity contribution in [3.05, 3.63) is 63.9 Å². The Labute approximate surface area is 200 Å². The van der Waals surface area contributed by atoms with Crippen molar-refractivity contribution in [3.63, 3.8) is 0 Å².